The van der Waals surface area contributed by atoms with Crippen LogP contribution in [0.2, 0.25) is 0 Å². The van der Waals surface area contributed by atoms with Crippen LogP contribution in [0.15, 0.2) is 0 Å². The zero-order valence-electron chi connectivity index (χ0n) is 15.2. The Morgan fingerprint density at radius 2 is 1.21 bits per heavy atom. The minimum absolute atomic E-state index is 0.167. The second-order valence-corrected chi connectivity index (χ2v) is 8.44. The first-order valence-corrected chi connectivity index (χ1v) is 11.1. The molecule has 0 aliphatic heterocycles. The molecular weight excluding hydrogens is 328 g/mol. The molecule has 0 spiro atoms. The molecule has 0 heterocycles. The van der Waals surface area contributed by atoms with E-state index in [9.17, 15) is 17.8 Å². The largest absolute Gasteiger partial charge is 0.481 e. The van der Waals surface area contributed by atoms with Crippen LogP contribution in [0.3, 0.4) is 0 Å². The molecule has 0 saturated carbocycles. The smallest absolute Gasteiger partial charge is 0.303 e. The molecular formula is C18H36O5S. The Morgan fingerprint density at radius 1 is 0.792 bits per heavy atom. The lowest BCUT2D eigenvalue weighted by Gasteiger charge is -2.13. The summed E-state index contributed by atoms with van der Waals surface area (Å²) in [5, 5.41) is 7.90. The molecule has 5 nitrogen and oxygen atoms in total. The van der Waals surface area contributed by atoms with Crippen molar-refractivity contribution in [2.45, 2.75) is 108 Å². The molecule has 0 saturated heterocycles. The number of rotatable bonds is 17. The summed E-state index contributed by atoms with van der Waals surface area (Å²) in [6, 6.07) is 0. The quantitative estimate of drug-likeness (QED) is 0.273. The standard InChI is InChI=1S/C18H36O5S/c1-2-3-4-5-6-7-8-11-14-17(24(21,22)23)15-12-9-10-13-16-18(19)20/h17H,2-16H2,1H3,(H,19,20)(H,21,22,23). The highest BCUT2D eigenvalue weighted by molar-refractivity contribution is 7.86. The molecule has 0 rings (SSSR count). The molecule has 1 unspecified atom stereocenters. The molecule has 0 bridgehead atoms. The summed E-state index contributed by atoms with van der Waals surface area (Å²) in [5.74, 6) is -0.791. The Labute approximate surface area is 148 Å². The van der Waals surface area contributed by atoms with Gasteiger partial charge in [0.15, 0.2) is 0 Å². The number of carboxylic acids is 1. The Kier molecular flexibility index (Phi) is 14.3. The fourth-order valence-electron chi connectivity index (χ4n) is 2.95. The first kappa shape index (κ1) is 23.4. The fourth-order valence-corrected chi connectivity index (χ4v) is 3.88. The van der Waals surface area contributed by atoms with E-state index in [1.807, 2.05) is 0 Å². The van der Waals surface area contributed by atoms with Crippen LogP contribution >= 0.6 is 0 Å². The average Bonchev–Trinajstić information content (AvgIpc) is 2.49. The molecule has 0 aliphatic rings. The minimum atomic E-state index is -3.97. The van der Waals surface area contributed by atoms with Crippen molar-refractivity contribution in [1.29, 1.82) is 0 Å². The van der Waals surface area contributed by atoms with Crippen molar-refractivity contribution in [3.63, 3.8) is 0 Å². The van der Waals surface area contributed by atoms with Crippen LogP contribution in [-0.2, 0) is 14.9 Å². The number of unbranched alkanes of at least 4 members (excludes halogenated alkanes) is 10. The van der Waals surface area contributed by atoms with Crippen molar-refractivity contribution in [2.24, 2.45) is 0 Å². The molecule has 0 aromatic carbocycles. The number of carboxylic acid groups (broad SMARTS) is 1. The number of hydrogen-bond donors (Lipinski definition) is 2. The van der Waals surface area contributed by atoms with Gasteiger partial charge in [0, 0.05) is 6.42 Å². The third-order valence-electron chi connectivity index (χ3n) is 4.47. The van der Waals surface area contributed by atoms with Gasteiger partial charge in [-0.2, -0.15) is 8.42 Å². The van der Waals surface area contributed by atoms with Gasteiger partial charge in [0.2, 0.25) is 0 Å². The van der Waals surface area contributed by atoms with Gasteiger partial charge in [0.05, 0.1) is 5.25 Å². The Bertz CT molecular complexity index is 406. The van der Waals surface area contributed by atoms with E-state index in [0.29, 0.717) is 19.3 Å². The van der Waals surface area contributed by atoms with Gasteiger partial charge in [0.1, 0.15) is 0 Å². The van der Waals surface area contributed by atoms with E-state index in [0.717, 1.165) is 38.5 Å². The monoisotopic (exact) mass is 364 g/mol. The van der Waals surface area contributed by atoms with Crippen LogP contribution in [-0.4, -0.2) is 29.3 Å². The second-order valence-electron chi connectivity index (χ2n) is 6.75. The number of hydrogen-bond acceptors (Lipinski definition) is 3. The maximum atomic E-state index is 11.5. The van der Waals surface area contributed by atoms with Crippen LogP contribution in [0.25, 0.3) is 0 Å². The fraction of sp³-hybridized carbons (Fsp3) is 0.944. The summed E-state index contributed by atoms with van der Waals surface area (Å²) in [6.07, 6.45) is 13.4. The molecule has 2 N–H and O–H groups in total. The van der Waals surface area contributed by atoms with Gasteiger partial charge in [-0.1, -0.05) is 77.6 Å². The maximum absolute atomic E-state index is 11.5. The van der Waals surface area contributed by atoms with Gasteiger partial charge in [-0.3, -0.25) is 9.35 Å². The summed E-state index contributed by atoms with van der Waals surface area (Å²) in [6.45, 7) is 2.20. The number of carbonyl (C=O) groups is 1. The predicted molar refractivity (Wildman–Crippen MR) is 97.9 cm³/mol. The van der Waals surface area contributed by atoms with Crippen molar-refractivity contribution in [2.75, 3.05) is 0 Å². The van der Waals surface area contributed by atoms with E-state index < -0.39 is 21.3 Å². The van der Waals surface area contributed by atoms with E-state index in [-0.39, 0.29) is 6.42 Å². The van der Waals surface area contributed by atoms with Crippen molar-refractivity contribution in [1.82, 2.24) is 0 Å². The zero-order chi connectivity index (χ0) is 18.3. The van der Waals surface area contributed by atoms with E-state index >= 15 is 0 Å². The lowest BCUT2D eigenvalue weighted by molar-refractivity contribution is -0.137. The van der Waals surface area contributed by atoms with Crippen LogP contribution < -0.4 is 0 Å². The summed E-state index contributed by atoms with van der Waals surface area (Å²) in [7, 11) is -3.97. The van der Waals surface area contributed by atoms with Crippen LogP contribution in [0, 0.1) is 0 Å². The summed E-state index contributed by atoms with van der Waals surface area (Å²) >= 11 is 0. The zero-order valence-corrected chi connectivity index (χ0v) is 16.0. The molecule has 0 fully saturated rings. The van der Waals surface area contributed by atoms with Gasteiger partial charge in [0.25, 0.3) is 10.1 Å². The molecule has 0 aliphatic carbocycles. The van der Waals surface area contributed by atoms with Crippen LogP contribution in [0.4, 0.5) is 0 Å². The SMILES string of the molecule is CCCCCCCCCCC(CCCCCCC(=O)O)S(=O)(=O)O. The van der Waals surface area contributed by atoms with Gasteiger partial charge >= 0.3 is 5.97 Å². The van der Waals surface area contributed by atoms with Crippen molar-refractivity contribution in [3.05, 3.63) is 0 Å². The highest BCUT2D eigenvalue weighted by Gasteiger charge is 2.21. The molecule has 24 heavy (non-hydrogen) atoms. The third-order valence-corrected chi connectivity index (χ3v) is 5.78. The molecule has 1 atom stereocenters. The molecule has 144 valence electrons. The third kappa shape index (κ3) is 14.9. The topological polar surface area (TPSA) is 91.7 Å². The van der Waals surface area contributed by atoms with Gasteiger partial charge in [-0.25, -0.2) is 0 Å². The summed E-state index contributed by atoms with van der Waals surface area (Å²) in [4.78, 5) is 10.4. The summed E-state index contributed by atoms with van der Waals surface area (Å²) in [5.41, 5.74) is 0. The normalized spacial score (nSPS) is 13.1. The van der Waals surface area contributed by atoms with Crippen LogP contribution in [0.5, 0.6) is 0 Å². The first-order valence-electron chi connectivity index (χ1n) is 9.56. The van der Waals surface area contributed by atoms with Crippen molar-refractivity contribution < 1.29 is 22.9 Å². The Balaban J connectivity index is 3.77. The van der Waals surface area contributed by atoms with Crippen molar-refractivity contribution >= 4 is 16.1 Å². The van der Waals surface area contributed by atoms with Gasteiger partial charge < -0.3 is 5.11 Å². The summed E-state index contributed by atoms with van der Waals surface area (Å²) < 4.78 is 32.3. The van der Waals surface area contributed by atoms with Crippen molar-refractivity contribution in [3.8, 4) is 0 Å². The van der Waals surface area contributed by atoms with E-state index in [1.54, 1.807) is 0 Å². The van der Waals surface area contributed by atoms with Gasteiger partial charge in [-0.15, -0.1) is 0 Å². The van der Waals surface area contributed by atoms with E-state index in [4.69, 9.17) is 5.11 Å². The average molecular weight is 365 g/mol. The molecule has 0 aromatic heterocycles. The maximum Gasteiger partial charge on any atom is 0.303 e. The van der Waals surface area contributed by atoms with Crippen LogP contribution in [0.1, 0.15) is 103 Å². The Hall–Kier alpha value is -0.620. The minimum Gasteiger partial charge on any atom is -0.481 e. The molecule has 6 heteroatoms. The molecule has 0 aromatic rings. The second kappa shape index (κ2) is 14.7. The number of aliphatic carboxylic acids is 1. The highest BCUT2D eigenvalue weighted by Crippen LogP contribution is 2.19. The predicted octanol–water partition coefficient (Wildman–Crippen LogP) is 5.20. The van der Waals surface area contributed by atoms with E-state index in [1.165, 1.54) is 32.1 Å². The lowest BCUT2D eigenvalue weighted by atomic mass is 10.0. The Morgan fingerprint density at radius 3 is 1.62 bits per heavy atom. The lowest BCUT2D eigenvalue weighted by Crippen LogP contribution is -2.20. The highest BCUT2D eigenvalue weighted by atomic mass is 32.2. The van der Waals surface area contributed by atoms with Gasteiger partial charge in [-0.05, 0) is 19.3 Å². The molecule has 0 radical (unpaired) electrons. The molecule has 0 amide bonds. The first-order chi connectivity index (χ1) is 11.4. The van der Waals surface area contributed by atoms with E-state index in [2.05, 4.69) is 6.92 Å².